The standard InChI is InChI=1S/C23H30FN6O7P/c1-13(2)35-22(32)14(3)29-38(33,37-15-7-5-4-6-8-15)12-34-10-16-9-17(31)21(36-16)30-11-26-18-19(25)27-23(24)28-20(18)30/h4-8,11,13-14,16-17,21,31H,9-10,12H2,1-3H3,(H,29,33)(H2,25,27,28)/t14?,16-,17?,21+,38?/m0/s1. The predicted octanol–water partition coefficient (Wildman–Crippen LogP) is 2.37. The molecule has 38 heavy (non-hydrogen) atoms. The smallest absolute Gasteiger partial charge is 0.342 e. The molecule has 206 valence electrons. The second-order valence-corrected chi connectivity index (χ2v) is 11.1. The van der Waals surface area contributed by atoms with Crippen LogP contribution in [0.4, 0.5) is 10.2 Å². The molecule has 3 heterocycles. The number of benzene rings is 1. The van der Waals surface area contributed by atoms with Crippen LogP contribution in [0.5, 0.6) is 5.75 Å². The van der Waals surface area contributed by atoms with Gasteiger partial charge in [0.1, 0.15) is 24.2 Å². The van der Waals surface area contributed by atoms with Gasteiger partial charge in [0.2, 0.25) is 0 Å². The quantitative estimate of drug-likeness (QED) is 0.180. The Balaban J connectivity index is 1.41. The third-order valence-corrected chi connectivity index (χ3v) is 7.33. The zero-order valence-electron chi connectivity index (χ0n) is 21.1. The highest BCUT2D eigenvalue weighted by molar-refractivity contribution is 7.57. The molecule has 0 radical (unpaired) electrons. The second-order valence-electron chi connectivity index (χ2n) is 9.07. The summed E-state index contributed by atoms with van der Waals surface area (Å²) in [5.41, 5.74) is 5.96. The van der Waals surface area contributed by atoms with E-state index in [4.69, 9.17) is 24.5 Å². The lowest BCUT2D eigenvalue weighted by atomic mass is 10.2. The molecule has 2 aromatic heterocycles. The van der Waals surface area contributed by atoms with Crippen LogP contribution in [0.3, 0.4) is 0 Å². The van der Waals surface area contributed by atoms with Crippen molar-refractivity contribution in [2.45, 2.75) is 57.8 Å². The molecule has 3 aromatic rings. The average molecular weight is 553 g/mol. The Morgan fingerprint density at radius 3 is 2.76 bits per heavy atom. The molecular weight excluding hydrogens is 522 g/mol. The Bertz CT molecular complexity index is 1310. The molecule has 5 atom stereocenters. The van der Waals surface area contributed by atoms with Crippen LogP contribution in [0.25, 0.3) is 11.2 Å². The normalized spacial score (nSPS) is 21.9. The highest BCUT2D eigenvalue weighted by Crippen LogP contribution is 2.44. The van der Waals surface area contributed by atoms with Gasteiger partial charge in [0.15, 0.2) is 23.2 Å². The van der Waals surface area contributed by atoms with Gasteiger partial charge in [-0.1, -0.05) is 18.2 Å². The van der Waals surface area contributed by atoms with Crippen LogP contribution in [0, 0.1) is 6.08 Å². The van der Waals surface area contributed by atoms with E-state index in [1.54, 1.807) is 44.2 Å². The van der Waals surface area contributed by atoms with E-state index >= 15 is 0 Å². The van der Waals surface area contributed by atoms with Crippen molar-refractivity contribution < 1.29 is 37.6 Å². The fourth-order valence-corrected chi connectivity index (χ4v) is 5.60. The van der Waals surface area contributed by atoms with Gasteiger partial charge in [0.05, 0.1) is 25.1 Å². The number of aliphatic hydroxyl groups excluding tert-OH is 1. The van der Waals surface area contributed by atoms with Crippen molar-refractivity contribution in [2.75, 3.05) is 18.7 Å². The molecule has 4 N–H and O–H groups in total. The summed E-state index contributed by atoms with van der Waals surface area (Å²) in [5.74, 6) is -0.397. The molecule has 1 fully saturated rings. The predicted molar refractivity (Wildman–Crippen MR) is 134 cm³/mol. The van der Waals surface area contributed by atoms with Gasteiger partial charge in [-0.3, -0.25) is 13.9 Å². The molecule has 1 aliphatic heterocycles. The van der Waals surface area contributed by atoms with Crippen molar-refractivity contribution in [1.82, 2.24) is 24.6 Å². The van der Waals surface area contributed by atoms with E-state index in [2.05, 4.69) is 20.0 Å². The van der Waals surface area contributed by atoms with Gasteiger partial charge < -0.3 is 29.6 Å². The number of para-hydroxylation sites is 1. The van der Waals surface area contributed by atoms with Gasteiger partial charge in [-0.2, -0.15) is 14.4 Å². The van der Waals surface area contributed by atoms with E-state index < -0.39 is 50.4 Å². The monoisotopic (exact) mass is 552 g/mol. The minimum absolute atomic E-state index is 0.0552. The minimum Gasteiger partial charge on any atom is -0.462 e. The molecule has 1 aliphatic rings. The van der Waals surface area contributed by atoms with E-state index in [0.29, 0.717) is 5.75 Å². The lowest BCUT2D eigenvalue weighted by molar-refractivity contribution is -0.149. The summed E-state index contributed by atoms with van der Waals surface area (Å²) >= 11 is 0. The maximum Gasteiger partial charge on any atom is 0.342 e. The number of aliphatic hydroxyl groups is 1. The molecule has 0 bridgehead atoms. The third-order valence-electron chi connectivity index (χ3n) is 5.52. The van der Waals surface area contributed by atoms with Crippen molar-refractivity contribution in [2.24, 2.45) is 0 Å². The Morgan fingerprint density at radius 2 is 2.05 bits per heavy atom. The number of nitrogen functional groups attached to an aromatic ring is 1. The SMILES string of the molecule is CC(C)OC(=O)C(C)NP(=O)(COC[C@@H]1CC(O)[C@H](n2cnc3c(N)nc(F)nc32)O1)Oc1ccccc1. The van der Waals surface area contributed by atoms with Crippen LogP contribution in [-0.2, 0) is 23.6 Å². The number of carbonyl (C=O) groups excluding carboxylic acids is 1. The number of hydrogen-bond acceptors (Lipinski definition) is 11. The fourth-order valence-electron chi connectivity index (χ4n) is 3.91. The lowest BCUT2D eigenvalue weighted by Crippen LogP contribution is -2.36. The van der Waals surface area contributed by atoms with Gasteiger partial charge in [0.25, 0.3) is 0 Å². The summed E-state index contributed by atoms with van der Waals surface area (Å²) in [6, 6.07) is 7.53. The van der Waals surface area contributed by atoms with Gasteiger partial charge in [0, 0.05) is 6.42 Å². The van der Waals surface area contributed by atoms with Crippen molar-refractivity contribution in [3.8, 4) is 5.75 Å². The molecule has 0 saturated carbocycles. The third kappa shape index (κ3) is 6.63. The van der Waals surface area contributed by atoms with Crippen LogP contribution in [0.2, 0.25) is 0 Å². The van der Waals surface area contributed by atoms with Gasteiger partial charge in [-0.15, -0.1) is 0 Å². The molecule has 1 aromatic carbocycles. The number of nitrogens with zero attached hydrogens (tertiary/aromatic N) is 4. The number of anilines is 1. The van der Waals surface area contributed by atoms with Crippen molar-refractivity contribution >= 4 is 30.5 Å². The first-order chi connectivity index (χ1) is 18.0. The Morgan fingerprint density at radius 1 is 1.32 bits per heavy atom. The van der Waals surface area contributed by atoms with Crippen LogP contribution < -0.4 is 15.3 Å². The first kappa shape index (κ1) is 27.9. The number of nitrogens with two attached hydrogens (primary N) is 1. The number of aromatic nitrogens is 4. The number of ether oxygens (including phenoxy) is 3. The lowest BCUT2D eigenvalue weighted by Gasteiger charge is -2.24. The maximum atomic E-state index is 13.7. The molecular formula is C23H30FN6O7P. The van der Waals surface area contributed by atoms with Crippen LogP contribution in [-0.4, -0.2) is 67.9 Å². The van der Waals surface area contributed by atoms with Gasteiger partial charge in [-0.05, 0) is 32.9 Å². The zero-order valence-corrected chi connectivity index (χ0v) is 22.0. The molecule has 13 nitrogen and oxygen atoms in total. The number of esters is 1. The van der Waals surface area contributed by atoms with Crippen LogP contribution in [0.15, 0.2) is 36.7 Å². The maximum absolute atomic E-state index is 13.7. The van der Waals surface area contributed by atoms with Crippen LogP contribution in [0.1, 0.15) is 33.4 Å². The van der Waals surface area contributed by atoms with Crippen molar-refractivity contribution in [3.05, 3.63) is 42.7 Å². The largest absolute Gasteiger partial charge is 0.462 e. The minimum atomic E-state index is -3.75. The Kier molecular flexibility index (Phi) is 8.58. The fraction of sp³-hybridized carbons (Fsp3) is 0.478. The molecule has 0 amide bonds. The summed E-state index contributed by atoms with van der Waals surface area (Å²) in [5, 5.41) is 13.3. The van der Waals surface area contributed by atoms with Crippen LogP contribution >= 0.6 is 7.52 Å². The second kappa shape index (κ2) is 11.7. The Hall–Kier alpha value is -3.16. The van der Waals surface area contributed by atoms with Crippen molar-refractivity contribution in [1.29, 1.82) is 0 Å². The van der Waals surface area contributed by atoms with E-state index in [0.717, 1.165) is 0 Å². The average Bonchev–Trinajstić information content (AvgIpc) is 3.42. The first-order valence-corrected chi connectivity index (χ1v) is 13.7. The first-order valence-electron chi connectivity index (χ1n) is 11.9. The molecule has 15 heteroatoms. The molecule has 3 unspecified atom stereocenters. The van der Waals surface area contributed by atoms with Crippen molar-refractivity contribution in [3.63, 3.8) is 0 Å². The van der Waals surface area contributed by atoms with E-state index in [1.165, 1.54) is 17.8 Å². The number of fused-ring (bicyclic) bond motifs is 1. The summed E-state index contributed by atoms with van der Waals surface area (Å²) in [7, 11) is -3.75. The summed E-state index contributed by atoms with van der Waals surface area (Å²) in [6.07, 6.45) is -2.80. The van der Waals surface area contributed by atoms with Gasteiger partial charge >= 0.3 is 19.6 Å². The Labute approximate surface area is 218 Å². The number of rotatable bonds is 11. The molecule has 0 spiro atoms. The number of halogens is 1. The highest BCUT2D eigenvalue weighted by Gasteiger charge is 2.38. The molecule has 4 rings (SSSR count). The van der Waals surface area contributed by atoms with Gasteiger partial charge in [-0.25, -0.2) is 10.1 Å². The number of nitrogens with one attached hydrogen (secondary N) is 1. The molecule has 0 aliphatic carbocycles. The van der Waals surface area contributed by atoms with E-state index in [-0.39, 0.29) is 36.1 Å². The van der Waals surface area contributed by atoms with E-state index in [1.807, 2.05) is 0 Å². The summed E-state index contributed by atoms with van der Waals surface area (Å²) in [4.78, 5) is 23.5. The summed E-state index contributed by atoms with van der Waals surface area (Å²) in [6.45, 7) is 4.88. The van der Waals surface area contributed by atoms with E-state index in [9.17, 15) is 18.9 Å². The zero-order chi connectivity index (χ0) is 27.4. The number of imidazole rings is 1. The number of carbonyl (C=O) groups is 1. The summed E-state index contributed by atoms with van der Waals surface area (Å²) < 4.78 is 51.2. The highest BCUT2D eigenvalue weighted by atomic mass is 31.2. The topological polar surface area (TPSA) is 173 Å². The molecule has 1 saturated heterocycles. The number of hydrogen-bond donors (Lipinski definition) is 3.